The van der Waals surface area contributed by atoms with Gasteiger partial charge in [-0.1, -0.05) is 48.9 Å². The van der Waals surface area contributed by atoms with E-state index in [2.05, 4.69) is 126 Å². The summed E-state index contributed by atoms with van der Waals surface area (Å²) in [5.41, 5.74) is 11.9. The average Bonchev–Trinajstić information content (AvgIpc) is 1.65. The monoisotopic (exact) mass is 1600 g/mol. The smallest absolute Gasteiger partial charge is 0.315 e. The first-order chi connectivity index (χ1) is 52.4. The number of primary amides is 1. The lowest BCUT2D eigenvalue weighted by molar-refractivity contribution is -0.141. The number of H-pyrrole nitrogens is 1. The molecule has 3 aromatic rings. The number of rotatable bonds is 48. The number of thiol groups is 2. The van der Waals surface area contributed by atoms with Crippen LogP contribution in [-0.4, -0.2) is 267 Å². The molecule has 0 unspecified atom stereocenters. The molecule has 0 radical (unpaired) electrons. The summed E-state index contributed by atoms with van der Waals surface area (Å²) in [6, 6.07) is 0.570. The van der Waals surface area contributed by atoms with Gasteiger partial charge in [-0.25, -0.2) is 9.78 Å². The van der Waals surface area contributed by atoms with Gasteiger partial charge >= 0.3 is 12.0 Å². The molecule has 3 heterocycles. The number of carbonyl (C=O) groups is 17. The number of hydrogen-bond acceptors (Lipinski definition) is 24. The summed E-state index contributed by atoms with van der Waals surface area (Å²) >= 11 is 9.97. The number of phenols is 1. The number of nitrogens with zero attached hydrogens (tertiary/aromatic N) is 1. The second kappa shape index (κ2) is 46.7. The maximum absolute atomic E-state index is 14.6. The van der Waals surface area contributed by atoms with E-state index in [1.807, 2.05) is 0 Å². The number of guanidine groups is 1. The average molecular weight is 1600 g/mol. The Hall–Kier alpha value is -11.5. The highest BCUT2D eigenvalue weighted by atomic mass is 32.2. The molecule has 2 aromatic carbocycles. The van der Waals surface area contributed by atoms with Gasteiger partial charge in [0.2, 0.25) is 88.6 Å². The number of nitrogens with one attached hydrogen (secondary N) is 19. The van der Waals surface area contributed by atoms with Crippen molar-refractivity contribution in [2.45, 2.75) is 130 Å². The first-order valence-electron chi connectivity index (χ1n) is 34.4. The molecule has 0 aliphatic carbocycles. The number of aromatic nitrogens is 2. The van der Waals surface area contributed by atoms with E-state index in [9.17, 15) is 96.8 Å². The number of imidazole rings is 1. The van der Waals surface area contributed by atoms with Gasteiger partial charge in [0.1, 0.15) is 54.1 Å². The largest absolute Gasteiger partial charge is 0.508 e. The van der Waals surface area contributed by atoms with Gasteiger partial charge in [0.05, 0.1) is 76.4 Å². The molecule has 2 aliphatic heterocycles. The molecule has 0 bridgehead atoms. The summed E-state index contributed by atoms with van der Waals surface area (Å²) in [5.74, 6) is -16.2. The van der Waals surface area contributed by atoms with Gasteiger partial charge in [0.15, 0.2) is 5.96 Å². The second-order valence-corrected chi connectivity index (χ2v) is 26.9. The fourth-order valence-corrected chi connectivity index (χ4v) is 12.7. The predicted molar refractivity (Wildman–Crippen MR) is 397 cm³/mol. The van der Waals surface area contributed by atoms with E-state index in [0.717, 1.165) is 18.6 Å². The van der Waals surface area contributed by atoms with E-state index in [1.54, 1.807) is 42.1 Å². The Morgan fingerprint density at radius 2 is 1.00 bits per heavy atom. The first kappa shape index (κ1) is 89.1. The van der Waals surface area contributed by atoms with Crippen LogP contribution in [0.5, 0.6) is 5.75 Å². The number of fused-ring (bicyclic) bond motifs is 1. The Morgan fingerprint density at radius 3 is 1.54 bits per heavy atom. The van der Waals surface area contributed by atoms with Gasteiger partial charge in [-0.2, -0.15) is 37.0 Å². The van der Waals surface area contributed by atoms with Gasteiger partial charge in [-0.3, -0.25) is 82.1 Å². The lowest BCUT2D eigenvalue weighted by Crippen LogP contribution is -2.61. The topological polar surface area (TPSA) is 660 Å². The molecular weight excluding hydrogens is 1510 g/mol. The Labute approximate surface area is 643 Å². The normalized spacial score (nSPS) is 16.1. The zero-order valence-electron chi connectivity index (χ0n) is 59.2. The van der Waals surface area contributed by atoms with E-state index in [4.69, 9.17) is 16.9 Å². The van der Waals surface area contributed by atoms with Crippen LogP contribution in [0.3, 0.4) is 0 Å². The molecule has 110 heavy (non-hydrogen) atoms. The van der Waals surface area contributed by atoms with Crippen LogP contribution in [0.4, 0.5) is 4.79 Å². The van der Waals surface area contributed by atoms with Crippen LogP contribution >= 0.6 is 37.0 Å². The van der Waals surface area contributed by atoms with Crippen LogP contribution in [0.25, 0.3) is 0 Å². The van der Waals surface area contributed by atoms with Crippen molar-refractivity contribution in [1.82, 2.24) is 100 Å². The summed E-state index contributed by atoms with van der Waals surface area (Å²) in [7, 11) is 0. The number of benzene rings is 2. The van der Waals surface area contributed by atoms with E-state index < -0.39 is 202 Å². The minimum Gasteiger partial charge on any atom is -0.508 e. The maximum atomic E-state index is 14.6. The lowest BCUT2D eigenvalue weighted by atomic mass is 10.0. The quantitative estimate of drug-likeness (QED) is 0.00821. The maximum Gasteiger partial charge on any atom is 0.315 e. The lowest BCUT2D eigenvalue weighted by Gasteiger charge is -2.27. The molecule has 45 heteroatoms. The highest BCUT2D eigenvalue weighted by Gasteiger charge is 2.43. The number of urea groups is 1. The van der Waals surface area contributed by atoms with E-state index in [-0.39, 0.29) is 90.9 Å². The SMILES string of the molecule is N=C(N)NCCC[C@H](NC(=O)[C@H](Cc1ccccc1)NC(=O)[C@H](CS)NC(=O)CNC(=O)CNC(=O)CNC(=O)CNC(=O)CNC(=O)CCCC[C@@H]1SC[C@@H]2NC(=O)N[C@@H]21)C(=O)N[C@@H](Cc1c[nH]cn1)C(=O)N[C@@H](CC(=O)O)C(=O)N[C@@H](CO)C(=O)NCC(=O)N[C@@H](Cc1ccc(O)cc1)C(=O)N[C@@H](CS)C(N)=O. The molecular formula is C65H92N22O20S3. The van der Waals surface area contributed by atoms with Gasteiger partial charge in [0, 0.05) is 60.9 Å². The van der Waals surface area contributed by atoms with Crippen molar-refractivity contribution >= 4 is 144 Å². The first-order valence-corrected chi connectivity index (χ1v) is 36.7. The molecule has 26 N–H and O–H groups in total. The van der Waals surface area contributed by atoms with Gasteiger partial charge in [-0.15, -0.1) is 0 Å². The third kappa shape index (κ3) is 32.5. The number of carboxylic acids is 1. The molecule has 5 rings (SSSR count). The van der Waals surface area contributed by atoms with Crippen molar-refractivity contribution in [2.24, 2.45) is 11.5 Å². The molecule has 0 spiro atoms. The molecule has 17 amide bonds. The van der Waals surface area contributed by atoms with Crippen LogP contribution in [0.1, 0.15) is 61.8 Å². The van der Waals surface area contributed by atoms with Gasteiger partial charge in [0.25, 0.3) is 0 Å². The van der Waals surface area contributed by atoms with Crippen molar-refractivity contribution < 1.29 is 96.8 Å². The van der Waals surface area contributed by atoms with Crippen molar-refractivity contribution in [3.8, 4) is 5.75 Å². The van der Waals surface area contributed by atoms with Crippen molar-refractivity contribution in [2.75, 3.05) is 69.7 Å². The number of amides is 17. The number of aromatic amines is 1. The number of aliphatic carboxylic acids is 1. The fourth-order valence-electron chi connectivity index (χ4n) is 10.7. The molecule has 2 saturated heterocycles. The highest BCUT2D eigenvalue weighted by Crippen LogP contribution is 2.33. The van der Waals surface area contributed by atoms with Crippen LogP contribution < -0.4 is 102 Å². The van der Waals surface area contributed by atoms with Crippen molar-refractivity contribution in [3.05, 3.63) is 83.9 Å². The number of carbonyl (C=O) groups excluding carboxylic acids is 16. The highest BCUT2D eigenvalue weighted by molar-refractivity contribution is 8.00. The van der Waals surface area contributed by atoms with Crippen LogP contribution in [0.15, 0.2) is 67.1 Å². The predicted octanol–water partition coefficient (Wildman–Crippen LogP) is -9.48. The zero-order valence-corrected chi connectivity index (χ0v) is 61.8. The number of nitrogens with two attached hydrogens (primary N) is 2. The zero-order chi connectivity index (χ0) is 80.8. The van der Waals surface area contributed by atoms with E-state index >= 15 is 0 Å². The van der Waals surface area contributed by atoms with Crippen molar-refractivity contribution in [1.29, 1.82) is 5.41 Å². The number of aliphatic hydroxyl groups is 1. The molecule has 0 saturated carbocycles. The molecule has 11 atom stereocenters. The molecule has 600 valence electrons. The summed E-state index contributed by atoms with van der Waals surface area (Å²) in [6.07, 6.45) is 2.48. The van der Waals surface area contributed by atoms with Gasteiger partial charge in [-0.05, 0) is 48.9 Å². The van der Waals surface area contributed by atoms with Crippen molar-refractivity contribution in [3.63, 3.8) is 0 Å². The molecule has 42 nitrogen and oxygen atoms in total. The van der Waals surface area contributed by atoms with Crippen LogP contribution in [0, 0.1) is 5.41 Å². The number of aromatic hydroxyl groups is 1. The van der Waals surface area contributed by atoms with Gasteiger partial charge < -0.3 is 122 Å². The Kier molecular flexibility index (Phi) is 37.8. The standard InChI is InChI=1S/C65H92N22O20S3/c66-56(99)43(29-108)85-59(102)38(18-34-12-14-36(89)15-13-34)78-53(96)27-76-57(100)42(28-88)84-62(105)41(20-54(97)98)83-61(104)40(19-35-21-69-32-77-35)82-58(101)37(9-6-16-70-64(67)68)80-60(103)39(17-33-7-2-1-3-8-33)81-63(106)44(30-109)79-52(95)26-75-51(94)25-74-50(93)24-73-49(92)23-72-48(91)22-71-47(90)11-5-4-10-46-55-45(31-110-46)86-65(107)87-55/h1-3,7-8,12-15,21,32,37-46,55,88-89,108-109H,4-6,9-11,16-20,22-31H2,(H2,66,99)(H,69,77)(H,71,90)(H,72,91)(H,73,92)(H,74,93)(H,75,94)(H,76,100)(H,78,96)(H,79,95)(H,80,103)(H,81,106)(H,82,101)(H,83,104)(H,84,105)(H,85,102)(H,97,98)(H4,67,68,70)(H2,86,87,107)/t37-,38-,39-,40-,41-,42-,43-,44-,45-,46-,55-/m0/s1. The number of carboxylic acid groups (broad SMARTS) is 1. The number of hydrogen-bond donors (Lipinski definition) is 26. The Balaban J connectivity index is 1.15. The van der Waals surface area contributed by atoms with Crippen LogP contribution in [0.2, 0.25) is 0 Å². The Bertz CT molecular complexity index is 3740. The van der Waals surface area contributed by atoms with E-state index in [1.165, 1.54) is 36.8 Å². The summed E-state index contributed by atoms with van der Waals surface area (Å²) in [4.78, 5) is 229. The minimum atomic E-state index is -2.06. The second-order valence-electron chi connectivity index (χ2n) is 24.9. The number of thioether (sulfide) groups is 1. The van der Waals surface area contributed by atoms with Crippen LogP contribution in [-0.2, 0) is 96.0 Å². The fraction of sp³-hybridized carbons (Fsp3) is 0.492. The third-order valence-electron chi connectivity index (χ3n) is 16.4. The molecule has 2 aliphatic rings. The number of phenolic OH excluding ortho intramolecular Hbond substituents is 1. The molecule has 1 aromatic heterocycles. The third-order valence-corrected chi connectivity index (χ3v) is 18.6. The summed E-state index contributed by atoms with van der Waals surface area (Å²) in [6.45, 7) is -5.10. The van der Waals surface area contributed by atoms with E-state index in [0.29, 0.717) is 17.5 Å². The Morgan fingerprint density at radius 1 is 0.527 bits per heavy atom. The number of aliphatic hydroxyl groups excluding tert-OH is 1. The minimum absolute atomic E-state index is 0.00168. The summed E-state index contributed by atoms with van der Waals surface area (Å²) in [5, 5.41) is 78.8. The molecule has 2 fully saturated rings. The number of unbranched alkanes of at least 4 members (excludes halogenated alkanes) is 1. The summed E-state index contributed by atoms with van der Waals surface area (Å²) < 4.78 is 0.